The second-order valence-corrected chi connectivity index (χ2v) is 8.02. The number of fused-ring (bicyclic) bond motifs is 3. The van der Waals surface area contributed by atoms with Crippen LogP contribution in [0.4, 0.5) is 10.6 Å². The predicted molar refractivity (Wildman–Crippen MR) is 122 cm³/mol. The Hall–Kier alpha value is -3.42. The molecule has 0 radical (unpaired) electrons. The molecule has 5 N–H and O–H groups in total. The summed E-state index contributed by atoms with van der Waals surface area (Å²) in [6, 6.07) is 18.0. The first-order chi connectivity index (χ1) is 15.5. The third-order valence-corrected chi connectivity index (χ3v) is 5.90. The van der Waals surface area contributed by atoms with Crippen molar-refractivity contribution >= 4 is 11.9 Å². The largest absolute Gasteiger partial charge is 0.449 e. The van der Waals surface area contributed by atoms with Crippen LogP contribution in [0.2, 0.25) is 0 Å². The minimum Gasteiger partial charge on any atom is -0.449 e. The summed E-state index contributed by atoms with van der Waals surface area (Å²) < 4.78 is 5.48. The highest BCUT2D eigenvalue weighted by Gasteiger charge is 2.29. The molecule has 1 heterocycles. The summed E-state index contributed by atoms with van der Waals surface area (Å²) in [6.07, 6.45) is -1.14. The van der Waals surface area contributed by atoms with Gasteiger partial charge in [0.05, 0.1) is 6.10 Å². The second-order valence-electron chi connectivity index (χ2n) is 8.02. The fourth-order valence-electron chi connectivity index (χ4n) is 4.12. The molecule has 3 aromatic rings. The molecule has 0 saturated carbocycles. The van der Waals surface area contributed by atoms with Gasteiger partial charge < -0.3 is 26.0 Å². The standard InChI is InChI=1S/C25H27N3O4/c1-15-12-16(13-28-24(15)26)23(30)22(29)10-11-27-25(31)32-14-21-19-8-4-2-6-17(19)18-7-3-5-9-20(18)21/h2-9,12-13,21-23,29-30H,10-11,14H2,1H3,(H2,26,28)(H,27,31). The molecule has 7 heteroatoms. The summed E-state index contributed by atoms with van der Waals surface area (Å²) in [4.78, 5) is 16.2. The highest BCUT2D eigenvalue weighted by molar-refractivity contribution is 5.79. The van der Waals surface area contributed by atoms with Crippen molar-refractivity contribution in [3.05, 3.63) is 83.0 Å². The highest BCUT2D eigenvalue weighted by Crippen LogP contribution is 2.44. The molecule has 7 nitrogen and oxygen atoms in total. The lowest BCUT2D eigenvalue weighted by Gasteiger charge is -2.19. The van der Waals surface area contributed by atoms with Crippen LogP contribution in [0.25, 0.3) is 11.1 Å². The SMILES string of the molecule is Cc1cc(C(O)C(O)CCNC(=O)OCC2c3ccccc3-c3ccccc32)cnc1N. The summed E-state index contributed by atoms with van der Waals surface area (Å²) in [5.74, 6) is 0.370. The number of alkyl carbamates (subject to hydrolysis) is 1. The Morgan fingerprint density at radius 3 is 2.38 bits per heavy atom. The quantitative estimate of drug-likeness (QED) is 0.454. The number of nitrogens with two attached hydrogens (primary N) is 1. The van der Waals surface area contributed by atoms with E-state index in [0.717, 1.165) is 16.7 Å². The molecule has 1 aliphatic carbocycles. The first kappa shape index (κ1) is 21.8. The van der Waals surface area contributed by atoms with Crippen LogP contribution < -0.4 is 11.1 Å². The summed E-state index contributed by atoms with van der Waals surface area (Å²) >= 11 is 0. The number of anilines is 1. The van der Waals surface area contributed by atoms with E-state index in [2.05, 4.69) is 34.6 Å². The van der Waals surface area contributed by atoms with Gasteiger partial charge in [-0.05, 0) is 47.2 Å². The van der Waals surface area contributed by atoms with Crippen LogP contribution in [0.3, 0.4) is 0 Å². The lowest BCUT2D eigenvalue weighted by molar-refractivity contribution is 0.0134. The Bertz CT molecular complexity index is 1070. The Morgan fingerprint density at radius 1 is 1.12 bits per heavy atom. The zero-order valence-corrected chi connectivity index (χ0v) is 17.9. The molecule has 1 aliphatic rings. The number of benzene rings is 2. The predicted octanol–water partition coefficient (Wildman–Crippen LogP) is 3.30. The van der Waals surface area contributed by atoms with Crippen molar-refractivity contribution in [3.8, 4) is 11.1 Å². The van der Waals surface area contributed by atoms with Crippen molar-refractivity contribution < 1.29 is 19.7 Å². The maximum Gasteiger partial charge on any atom is 0.407 e. The molecule has 2 aromatic carbocycles. The minimum absolute atomic E-state index is 0.0122. The van der Waals surface area contributed by atoms with Gasteiger partial charge in [-0.3, -0.25) is 0 Å². The zero-order chi connectivity index (χ0) is 22.7. The van der Waals surface area contributed by atoms with Gasteiger partial charge in [0.2, 0.25) is 0 Å². The number of pyridine rings is 1. The molecule has 0 saturated heterocycles. The van der Waals surface area contributed by atoms with Crippen molar-refractivity contribution in [3.63, 3.8) is 0 Å². The summed E-state index contributed by atoms with van der Waals surface area (Å²) in [6.45, 7) is 2.17. The van der Waals surface area contributed by atoms with Crippen LogP contribution in [0, 0.1) is 6.92 Å². The van der Waals surface area contributed by atoms with Gasteiger partial charge in [-0.1, -0.05) is 48.5 Å². The summed E-state index contributed by atoms with van der Waals surface area (Å²) in [5, 5.41) is 23.2. The molecule has 0 fully saturated rings. The fourth-order valence-corrected chi connectivity index (χ4v) is 4.12. The van der Waals surface area contributed by atoms with E-state index in [-0.39, 0.29) is 25.5 Å². The number of hydrogen-bond acceptors (Lipinski definition) is 6. The monoisotopic (exact) mass is 433 g/mol. The highest BCUT2D eigenvalue weighted by atomic mass is 16.5. The van der Waals surface area contributed by atoms with Crippen molar-refractivity contribution in [2.75, 3.05) is 18.9 Å². The molecule has 4 rings (SSSR count). The van der Waals surface area contributed by atoms with E-state index >= 15 is 0 Å². The van der Waals surface area contributed by atoms with E-state index in [1.165, 1.54) is 17.3 Å². The van der Waals surface area contributed by atoms with Gasteiger partial charge in [0.25, 0.3) is 0 Å². The summed E-state index contributed by atoms with van der Waals surface area (Å²) in [7, 11) is 0. The number of rotatable bonds is 7. The fraction of sp³-hybridized carbons (Fsp3) is 0.280. The van der Waals surface area contributed by atoms with Crippen LogP contribution in [0.5, 0.6) is 0 Å². The third kappa shape index (κ3) is 4.44. The lowest BCUT2D eigenvalue weighted by Crippen LogP contribution is -2.30. The van der Waals surface area contributed by atoms with Gasteiger partial charge >= 0.3 is 6.09 Å². The Labute approximate surface area is 186 Å². The van der Waals surface area contributed by atoms with Gasteiger partial charge in [-0.15, -0.1) is 0 Å². The van der Waals surface area contributed by atoms with Crippen LogP contribution in [-0.2, 0) is 4.74 Å². The Kier molecular flexibility index (Phi) is 6.39. The molecule has 0 spiro atoms. The van der Waals surface area contributed by atoms with Crippen molar-refractivity contribution in [1.82, 2.24) is 10.3 Å². The number of nitrogens with one attached hydrogen (secondary N) is 1. The van der Waals surface area contributed by atoms with Crippen LogP contribution in [0.15, 0.2) is 60.8 Å². The topological polar surface area (TPSA) is 118 Å². The Morgan fingerprint density at radius 2 is 1.75 bits per heavy atom. The molecule has 1 aromatic heterocycles. The van der Waals surface area contributed by atoms with Gasteiger partial charge in [-0.2, -0.15) is 0 Å². The molecule has 166 valence electrons. The molecular formula is C25H27N3O4. The molecule has 1 amide bonds. The average molecular weight is 434 g/mol. The van der Waals surface area contributed by atoms with Gasteiger partial charge in [0.1, 0.15) is 18.5 Å². The van der Waals surface area contributed by atoms with E-state index in [1.807, 2.05) is 24.3 Å². The van der Waals surface area contributed by atoms with Crippen molar-refractivity contribution in [1.29, 1.82) is 0 Å². The summed E-state index contributed by atoms with van der Waals surface area (Å²) in [5.41, 5.74) is 11.5. The van der Waals surface area contributed by atoms with Crippen LogP contribution in [-0.4, -0.2) is 40.5 Å². The van der Waals surface area contributed by atoms with E-state index in [4.69, 9.17) is 10.5 Å². The van der Waals surface area contributed by atoms with E-state index in [9.17, 15) is 15.0 Å². The number of hydrogen-bond donors (Lipinski definition) is 4. The Balaban J connectivity index is 1.28. The number of carbonyl (C=O) groups excluding carboxylic acids is 1. The van der Waals surface area contributed by atoms with Gasteiger partial charge in [0, 0.05) is 24.2 Å². The van der Waals surface area contributed by atoms with Gasteiger partial charge in [-0.25, -0.2) is 9.78 Å². The number of ether oxygens (including phenoxy) is 1. The lowest BCUT2D eigenvalue weighted by atomic mass is 9.98. The number of amides is 1. The van der Waals surface area contributed by atoms with Gasteiger partial charge in [0.15, 0.2) is 0 Å². The maximum absolute atomic E-state index is 12.2. The molecule has 0 bridgehead atoms. The van der Waals surface area contributed by atoms with E-state index in [0.29, 0.717) is 11.4 Å². The van der Waals surface area contributed by atoms with Crippen molar-refractivity contribution in [2.24, 2.45) is 0 Å². The molecule has 32 heavy (non-hydrogen) atoms. The number of aryl methyl sites for hydroxylation is 1. The zero-order valence-electron chi connectivity index (χ0n) is 17.9. The number of carbonyl (C=O) groups is 1. The smallest absolute Gasteiger partial charge is 0.407 e. The van der Waals surface area contributed by atoms with Crippen LogP contribution >= 0.6 is 0 Å². The number of aromatic nitrogens is 1. The average Bonchev–Trinajstić information content (AvgIpc) is 3.12. The minimum atomic E-state index is -1.12. The number of aliphatic hydroxyl groups is 2. The van der Waals surface area contributed by atoms with Crippen molar-refractivity contribution in [2.45, 2.75) is 31.5 Å². The van der Waals surface area contributed by atoms with E-state index in [1.54, 1.807) is 13.0 Å². The first-order valence-electron chi connectivity index (χ1n) is 10.6. The van der Waals surface area contributed by atoms with Crippen LogP contribution in [0.1, 0.15) is 40.7 Å². The molecule has 2 unspecified atom stereocenters. The maximum atomic E-state index is 12.2. The second kappa shape index (κ2) is 9.38. The molecular weight excluding hydrogens is 406 g/mol. The first-order valence-corrected chi connectivity index (χ1v) is 10.6. The number of aliphatic hydroxyl groups excluding tert-OH is 2. The molecule has 2 atom stereocenters. The number of nitrogens with zero attached hydrogens (tertiary/aromatic N) is 1. The molecule has 0 aliphatic heterocycles. The normalized spacial score (nSPS) is 14.3. The number of nitrogen functional groups attached to an aromatic ring is 1. The third-order valence-electron chi connectivity index (χ3n) is 5.90. The van der Waals surface area contributed by atoms with E-state index < -0.39 is 18.3 Å².